The summed E-state index contributed by atoms with van der Waals surface area (Å²) in [6.07, 6.45) is 3.48. The van der Waals surface area contributed by atoms with E-state index >= 15 is 0 Å². The number of carbonyl (C=O) groups is 1. The van der Waals surface area contributed by atoms with Gasteiger partial charge in [0.2, 0.25) is 5.91 Å². The summed E-state index contributed by atoms with van der Waals surface area (Å²) in [5.74, 6) is 0.0685. The Labute approximate surface area is 133 Å². The van der Waals surface area contributed by atoms with Crippen LogP contribution in [0.3, 0.4) is 0 Å². The van der Waals surface area contributed by atoms with E-state index in [-0.39, 0.29) is 18.3 Å². The number of anilines is 1. The van der Waals surface area contributed by atoms with Crippen LogP contribution >= 0.6 is 12.4 Å². The van der Waals surface area contributed by atoms with Crippen LogP contribution in [0.5, 0.6) is 0 Å². The predicted octanol–water partition coefficient (Wildman–Crippen LogP) is 2.43. The van der Waals surface area contributed by atoms with Gasteiger partial charge in [0.15, 0.2) is 0 Å². The van der Waals surface area contributed by atoms with E-state index in [0.717, 1.165) is 30.8 Å². The maximum atomic E-state index is 12.1. The molecule has 1 aromatic carbocycles. The van der Waals surface area contributed by atoms with Gasteiger partial charge in [-0.25, -0.2) is 0 Å². The fraction of sp³-hybridized carbons (Fsp3) is 0.562. The Morgan fingerprint density at radius 1 is 1.33 bits per heavy atom. The molecular weight excluding hydrogens is 286 g/mol. The van der Waals surface area contributed by atoms with Gasteiger partial charge in [0.25, 0.3) is 0 Å². The lowest BCUT2D eigenvalue weighted by molar-refractivity contribution is -0.117. The summed E-state index contributed by atoms with van der Waals surface area (Å²) < 4.78 is 0. The highest BCUT2D eigenvalue weighted by Gasteiger charge is 2.18. The van der Waals surface area contributed by atoms with Crippen molar-refractivity contribution in [3.63, 3.8) is 0 Å². The number of halogens is 1. The van der Waals surface area contributed by atoms with Crippen molar-refractivity contribution in [3.8, 4) is 0 Å². The fourth-order valence-corrected chi connectivity index (χ4v) is 2.70. The molecule has 1 aliphatic heterocycles. The molecule has 1 aliphatic rings. The minimum absolute atomic E-state index is 0. The van der Waals surface area contributed by atoms with Crippen LogP contribution in [0.1, 0.15) is 24.8 Å². The molecule has 0 aromatic heterocycles. The summed E-state index contributed by atoms with van der Waals surface area (Å²) in [4.78, 5) is 14.3. The molecule has 0 saturated carbocycles. The number of nitrogens with zero attached hydrogens (tertiary/aromatic N) is 1. The molecule has 4 nitrogen and oxygen atoms in total. The Balaban J connectivity index is 0.00000220. The zero-order valence-electron chi connectivity index (χ0n) is 12.9. The molecule has 118 valence electrons. The highest BCUT2D eigenvalue weighted by molar-refractivity contribution is 5.92. The van der Waals surface area contributed by atoms with Crippen LogP contribution in [0.4, 0.5) is 5.69 Å². The van der Waals surface area contributed by atoms with Crippen molar-refractivity contribution in [2.24, 2.45) is 0 Å². The third kappa shape index (κ3) is 5.65. The summed E-state index contributed by atoms with van der Waals surface area (Å²) in [6, 6.07) is 8.39. The monoisotopic (exact) mass is 311 g/mol. The van der Waals surface area contributed by atoms with Gasteiger partial charge in [-0.15, -0.1) is 12.4 Å². The SMILES string of the molecule is Cc1ccccc1NC(=O)CN(C)C1CCCNCC1.Cl. The first-order valence-electron chi connectivity index (χ1n) is 7.43. The Kier molecular flexibility index (Phi) is 7.72. The summed E-state index contributed by atoms with van der Waals surface area (Å²) in [6.45, 7) is 4.61. The Morgan fingerprint density at radius 2 is 2.10 bits per heavy atom. The van der Waals surface area contributed by atoms with Gasteiger partial charge in [0.05, 0.1) is 6.54 Å². The van der Waals surface area contributed by atoms with Gasteiger partial charge in [-0.3, -0.25) is 9.69 Å². The number of para-hydroxylation sites is 1. The molecule has 0 aliphatic carbocycles. The number of rotatable bonds is 4. The van der Waals surface area contributed by atoms with E-state index in [9.17, 15) is 4.79 Å². The number of nitrogens with one attached hydrogen (secondary N) is 2. The van der Waals surface area contributed by atoms with Crippen molar-refractivity contribution in [2.45, 2.75) is 32.2 Å². The second-order valence-corrected chi connectivity index (χ2v) is 5.61. The lowest BCUT2D eigenvalue weighted by atomic mass is 10.1. The largest absolute Gasteiger partial charge is 0.325 e. The molecule has 1 amide bonds. The van der Waals surface area contributed by atoms with Crippen LogP contribution in [0.2, 0.25) is 0 Å². The molecule has 1 saturated heterocycles. The maximum absolute atomic E-state index is 12.1. The van der Waals surface area contributed by atoms with Crippen LogP contribution in [0, 0.1) is 6.92 Å². The Morgan fingerprint density at radius 3 is 2.86 bits per heavy atom. The van der Waals surface area contributed by atoms with Gasteiger partial charge in [0, 0.05) is 11.7 Å². The Bertz CT molecular complexity index is 445. The first kappa shape index (κ1) is 18.0. The number of benzene rings is 1. The van der Waals surface area contributed by atoms with Gasteiger partial charge in [-0.1, -0.05) is 18.2 Å². The van der Waals surface area contributed by atoms with E-state index < -0.39 is 0 Å². The highest BCUT2D eigenvalue weighted by Crippen LogP contribution is 2.14. The van der Waals surface area contributed by atoms with Crippen molar-refractivity contribution < 1.29 is 4.79 Å². The normalized spacial score (nSPS) is 18.7. The lowest BCUT2D eigenvalue weighted by Gasteiger charge is -2.26. The van der Waals surface area contributed by atoms with Crippen LogP contribution in [-0.4, -0.2) is 43.5 Å². The fourth-order valence-electron chi connectivity index (χ4n) is 2.70. The zero-order chi connectivity index (χ0) is 14.4. The number of aryl methyl sites for hydroxylation is 1. The third-order valence-corrected chi connectivity index (χ3v) is 3.98. The number of hydrogen-bond donors (Lipinski definition) is 2. The molecule has 5 heteroatoms. The van der Waals surface area contributed by atoms with Crippen LogP contribution < -0.4 is 10.6 Å². The quantitative estimate of drug-likeness (QED) is 0.897. The molecule has 1 fully saturated rings. The summed E-state index contributed by atoms with van der Waals surface area (Å²) in [5, 5.41) is 6.41. The minimum Gasteiger partial charge on any atom is -0.325 e. The summed E-state index contributed by atoms with van der Waals surface area (Å²) in [7, 11) is 2.05. The number of likely N-dealkylation sites (N-methyl/N-ethyl adjacent to an activating group) is 1. The second-order valence-electron chi connectivity index (χ2n) is 5.61. The molecule has 0 radical (unpaired) electrons. The molecule has 1 aromatic rings. The molecule has 1 heterocycles. The van der Waals surface area contributed by atoms with E-state index in [1.54, 1.807) is 0 Å². The third-order valence-electron chi connectivity index (χ3n) is 3.98. The predicted molar refractivity (Wildman–Crippen MR) is 90.2 cm³/mol. The first-order valence-corrected chi connectivity index (χ1v) is 7.43. The average Bonchev–Trinajstić information content (AvgIpc) is 2.70. The lowest BCUT2D eigenvalue weighted by Crippen LogP contribution is -2.38. The van der Waals surface area contributed by atoms with E-state index in [1.165, 1.54) is 12.8 Å². The molecule has 1 unspecified atom stereocenters. The van der Waals surface area contributed by atoms with Gasteiger partial charge in [0.1, 0.15) is 0 Å². The smallest absolute Gasteiger partial charge is 0.238 e. The minimum atomic E-state index is 0. The van der Waals surface area contributed by atoms with Crippen LogP contribution in [-0.2, 0) is 4.79 Å². The van der Waals surface area contributed by atoms with E-state index in [0.29, 0.717) is 12.6 Å². The molecule has 0 bridgehead atoms. The number of amides is 1. The second kappa shape index (κ2) is 9.03. The Hall–Kier alpha value is -1.10. The van der Waals surface area contributed by atoms with Gasteiger partial charge < -0.3 is 10.6 Å². The summed E-state index contributed by atoms with van der Waals surface area (Å²) in [5.41, 5.74) is 2.01. The molecule has 0 spiro atoms. The molecule has 1 atom stereocenters. The molecular formula is C16H26ClN3O. The number of hydrogen-bond acceptors (Lipinski definition) is 3. The van der Waals surface area contributed by atoms with Crippen molar-refractivity contribution in [1.82, 2.24) is 10.2 Å². The van der Waals surface area contributed by atoms with Crippen molar-refractivity contribution in [2.75, 3.05) is 32.0 Å². The molecule has 2 rings (SSSR count). The van der Waals surface area contributed by atoms with E-state index in [2.05, 4.69) is 15.5 Å². The molecule has 2 N–H and O–H groups in total. The highest BCUT2D eigenvalue weighted by atomic mass is 35.5. The topological polar surface area (TPSA) is 44.4 Å². The van der Waals surface area contributed by atoms with Crippen LogP contribution in [0.15, 0.2) is 24.3 Å². The first-order chi connectivity index (χ1) is 9.66. The van der Waals surface area contributed by atoms with E-state index in [4.69, 9.17) is 0 Å². The summed E-state index contributed by atoms with van der Waals surface area (Å²) >= 11 is 0. The van der Waals surface area contributed by atoms with Gasteiger partial charge >= 0.3 is 0 Å². The van der Waals surface area contributed by atoms with Gasteiger partial charge in [-0.2, -0.15) is 0 Å². The van der Waals surface area contributed by atoms with Crippen LogP contribution in [0.25, 0.3) is 0 Å². The number of carbonyl (C=O) groups excluding carboxylic acids is 1. The van der Waals surface area contributed by atoms with Crippen molar-refractivity contribution in [1.29, 1.82) is 0 Å². The van der Waals surface area contributed by atoms with Crippen molar-refractivity contribution in [3.05, 3.63) is 29.8 Å². The maximum Gasteiger partial charge on any atom is 0.238 e. The molecule has 21 heavy (non-hydrogen) atoms. The van der Waals surface area contributed by atoms with E-state index in [1.807, 2.05) is 38.2 Å². The standard InChI is InChI=1S/C16H25N3O.ClH/c1-13-6-3-4-8-15(13)18-16(20)12-19(2)14-7-5-10-17-11-9-14;/h3-4,6,8,14,17H,5,7,9-12H2,1-2H3,(H,18,20);1H. The zero-order valence-corrected chi connectivity index (χ0v) is 13.7. The van der Waals surface area contributed by atoms with Gasteiger partial charge in [-0.05, 0) is 58.0 Å². The van der Waals surface area contributed by atoms with Crippen molar-refractivity contribution >= 4 is 24.0 Å². The average molecular weight is 312 g/mol.